The predicted molar refractivity (Wildman–Crippen MR) is 69.5 cm³/mol. The Morgan fingerprint density at radius 3 is 2.79 bits per heavy atom. The van der Waals surface area contributed by atoms with Crippen LogP contribution in [0.4, 0.5) is 0 Å². The highest BCUT2D eigenvalue weighted by Crippen LogP contribution is 2.37. The fourth-order valence-electron chi connectivity index (χ4n) is 2.25. The summed E-state index contributed by atoms with van der Waals surface area (Å²) in [5.41, 5.74) is 0.325. The van der Waals surface area contributed by atoms with Gasteiger partial charge < -0.3 is 14.4 Å². The summed E-state index contributed by atoms with van der Waals surface area (Å²) >= 11 is 0. The van der Waals surface area contributed by atoms with Gasteiger partial charge in [0.15, 0.2) is 0 Å². The smallest absolute Gasteiger partial charge is 0.343 e. The minimum absolute atomic E-state index is 0.0348. The molecule has 0 atom stereocenters. The van der Waals surface area contributed by atoms with E-state index in [1.807, 2.05) is 4.57 Å². The molecule has 1 aliphatic carbocycles. The Bertz CT molecular complexity index is 728. The van der Waals surface area contributed by atoms with Crippen molar-refractivity contribution in [3.05, 3.63) is 40.2 Å². The average molecular weight is 259 g/mol. The summed E-state index contributed by atoms with van der Waals surface area (Å²) < 4.78 is 6.52. The molecule has 1 aliphatic rings. The minimum Gasteiger partial charge on any atom is -0.508 e. The maximum Gasteiger partial charge on any atom is 0.343 e. The molecule has 0 spiro atoms. The van der Waals surface area contributed by atoms with Crippen LogP contribution in [0.5, 0.6) is 5.75 Å². The second kappa shape index (κ2) is 4.12. The molecule has 5 heteroatoms. The largest absolute Gasteiger partial charge is 0.508 e. The fraction of sp³-hybridized carbons (Fsp3) is 0.286. The Balaban J connectivity index is 2.37. The van der Waals surface area contributed by atoms with E-state index in [1.54, 1.807) is 12.1 Å². The number of esters is 1. The number of aromatic nitrogens is 1. The Hall–Kier alpha value is -2.30. The Kier molecular flexibility index (Phi) is 2.55. The summed E-state index contributed by atoms with van der Waals surface area (Å²) in [6, 6.07) is 4.82. The van der Waals surface area contributed by atoms with Gasteiger partial charge in [0.2, 0.25) is 5.43 Å². The van der Waals surface area contributed by atoms with Crippen molar-refractivity contribution in [1.29, 1.82) is 0 Å². The number of nitrogens with zero attached hydrogens (tertiary/aromatic N) is 1. The number of phenols is 1. The van der Waals surface area contributed by atoms with Gasteiger partial charge in [-0.15, -0.1) is 0 Å². The van der Waals surface area contributed by atoms with E-state index in [0.29, 0.717) is 10.9 Å². The first kappa shape index (κ1) is 11.8. The zero-order valence-electron chi connectivity index (χ0n) is 10.4. The summed E-state index contributed by atoms with van der Waals surface area (Å²) in [5, 5.41) is 9.99. The fourth-order valence-corrected chi connectivity index (χ4v) is 2.25. The van der Waals surface area contributed by atoms with Crippen LogP contribution in [0.15, 0.2) is 29.2 Å². The van der Waals surface area contributed by atoms with Gasteiger partial charge in [-0.1, -0.05) is 0 Å². The summed E-state index contributed by atoms with van der Waals surface area (Å²) in [4.78, 5) is 23.9. The number of aromatic hydroxyl groups is 1. The number of phenolic OH excluding ortho intramolecular Hbond substituents is 1. The third kappa shape index (κ3) is 1.87. The molecule has 0 aliphatic heterocycles. The number of carbonyl (C=O) groups is 1. The van der Waals surface area contributed by atoms with Gasteiger partial charge in [0.1, 0.15) is 11.3 Å². The van der Waals surface area contributed by atoms with Crippen LogP contribution in [0, 0.1) is 0 Å². The number of rotatable bonds is 2. The van der Waals surface area contributed by atoms with Gasteiger partial charge >= 0.3 is 5.97 Å². The van der Waals surface area contributed by atoms with E-state index in [-0.39, 0.29) is 22.8 Å². The topological polar surface area (TPSA) is 68.5 Å². The van der Waals surface area contributed by atoms with Crippen molar-refractivity contribution >= 4 is 16.9 Å². The molecular formula is C14H13NO4. The number of hydrogen-bond acceptors (Lipinski definition) is 4. The van der Waals surface area contributed by atoms with Gasteiger partial charge in [-0.3, -0.25) is 4.79 Å². The van der Waals surface area contributed by atoms with Gasteiger partial charge in [0.05, 0.1) is 12.6 Å². The van der Waals surface area contributed by atoms with Crippen LogP contribution in [0.2, 0.25) is 0 Å². The zero-order valence-corrected chi connectivity index (χ0v) is 10.4. The van der Waals surface area contributed by atoms with Crippen LogP contribution in [-0.2, 0) is 4.74 Å². The second-order valence-corrected chi connectivity index (χ2v) is 4.70. The molecule has 2 aromatic rings. The highest BCUT2D eigenvalue weighted by atomic mass is 16.5. The van der Waals surface area contributed by atoms with E-state index in [1.165, 1.54) is 19.4 Å². The predicted octanol–water partition coefficient (Wildman–Crippen LogP) is 1.83. The lowest BCUT2D eigenvalue weighted by Gasteiger charge is -2.12. The summed E-state index contributed by atoms with van der Waals surface area (Å²) in [6.07, 6.45) is 3.55. The zero-order chi connectivity index (χ0) is 13.6. The number of carbonyl (C=O) groups excluding carboxylic acids is 1. The monoisotopic (exact) mass is 259 g/mol. The van der Waals surface area contributed by atoms with E-state index in [4.69, 9.17) is 0 Å². The Morgan fingerprint density at radius 1 is 1.42 bits per heavy atom. The third-order valence-corrected chi connectivity index (χ3v) is 3.36. The normalized spacial score (nSPS) is 14.6. The molecule has 0 bridgehead atoms. The van der Waals surface area contributed by atoms with Crippen molar-refractivity contribution in [1.82, 2.24) is 4.57 Å². The standard InChI is InChI=1S/C14H13NO4/c1-19-14(18)11-7-15(8-2-3-8)12-6-9(16)4-5-10(12)13(11)17/h4-8,16H,2-3H2,1H3. The maximum atomic E-state index is 12.2. The molecule has 1 saturated carbocycles. The molecule has 5 nitrogen and oxygen atoms in total. The number of fused-ring (bicyclic) bond motifs is 1. The molecule has 3 rings (SSSR count). The molecule has 0 unspecified atom stereocenters. The number of benzene rings is 1. The molecular weight excluding hydrogens is 246 g/mol. The molecule has 1 aromatic heterocycles. The van der Waals surface area contributed by atoms with Gasteiger partial charge in [0.25, 0.3) is 0 Å². The van der Waals surface area contributed by atoms with Crippen molar-refractivity contribution < 1.29 is 14.6 Å². The number of ether oxygens (including phenoxy) is 1. The van der Waals surface area contributed by atoms with E-state index in [2.05, 4.69) is 4.74 Å². The summed E-state index contributed by atoms with van der Waals surface area (Å²) in [5.74, 6) is -0.526. The molecule has 0 amide bonds. The Morgan fingerprint density at radius 2 is 2.16 bits per heavy atom. The molecule has 1 fully saturated rings. The Labute approximate surface area is 109 Å². The summed E-state index contributed by atoms with van der Waals surface area (Å²) in [7, 11) is 1.25. The van der Waals surface area contributed by atoms with Crippen molar-refractivity contribution in [3.8, 4) is 5.75 Å². The van der Waals surface area contributed by atoms with Gasteiger partial charge in [-0.2, -0.15) is 0 Å². The van der Waals surface area contributed by atoms with Crippen molar-refractivity contribution in [3.63, 3.8) is 0 Å². The minimum atomic E-state index is -0.630. The van der Waals surface area contributed by atoms with E-state index in [9.17, 15) is 14.7 Å². The lowest BCUT2D eigenvalue weighted by Crippen LogP contribution is -2.19. The molecule has 0 saturated heterocycles. The lowest BCUT2D eigenvalue weighted by atomic mass is 10.1. The molecule has 19 heavy (non-hydrogen) atoms. The van der Waals surface area contributed by atoms with Crippen LogP contribution in [0.25, 0.3) is 10.9 Å². The second-order valence-electron chi connectivity index (χ2n) is 4.70. The van der Waals surface area contributed by atoms with Crippen molar-refractivity contribution in [2.24, 2.45) is 0 Å². The molecule has 1 aromatic carbocycles. The van der Waals surface area contributed by atoms with Crippen LogP contribution >= 0.6 is 0 Å². The van der Waals surface area contributed by atoms with Crippen molar-refractivity contribution in [2.75, 3.05) is 7.11 Å². The molecule has 1 N–H and O–H groups in total. The van der Waals surface area contributed by atoms with Gasteiger partial charge in [-0.05, 0) is 25.0 Å². The highest BCUT2D eigenvalue weighted by molar-refractivity contribution is 5.94. The molecule has 98 valence electrons. The molecule has 1 heterocycles. The first-order valence-electron chi connectivity index (χ1n) is 6.08. The highest BCUT2D eigenvalue weighted by Gasteiger charge is 2.27. The van der Waals surface area contributed by atoms with Crippen LogP contribution in [0.3, 0.4) is 0 Å². The number of hydrogen-bond donors (Lipinski definition) is 1. The van der Waals surface area contributed by atoms with Crippen LogP contribution in [-0.4, -0.2) is 22.8 Å². The lowest BCUT2D eigenvalue weighted by molar-refractivity contribution is 0.0598. The van der Waals surface area contributed by atoms with Crippen LogP contribution in [0.1, 0.15) is 29.2 Å². The third-order valence-electron chi connectivity index (χ3n) is 3.36. The first-order chi connectivity index (χ1) is 9.11. The maximum absolute atomic E-state index is 12.2. The van der Waals surface area contributed by atoms with Gasteiger partial charge in [-0.25, -0.2) is 4.79 Å². The molecule has 0 radical (unpaired) electrons. The van der Waals surface area contributed by atoms with E-state index >= 15 is 0 Å². The van der Waals surface area contributed by atoms with E-state index in [0.717, 1.165) is 12.8 Å². The number of methoxy groups -OCH3 is 1. The van der Waals surface area contributed by atoms with Crippen LogP contribution < -0.4 is 5.43 Å². The quantitative estimate of drug-likeness (QED) is 0.835. The van der Waals surface area contributed by atoms with Gasteiger partial charge in [0, 0.05) is 23.7 Å². The first-order valence-corrected chi connectivity index (χ1v) is 6.08. The average Bonchev–Trinajstić information content (AvgIpc) is 3.22. The number of pyridine rings is 1. The van der Waals surface area contributed by atoms with Crippen molar-refractivity contribution in [2.45, 2.75) is 18.9 Å². The van der Waals surface area contributed by atoms with E-state index < -0.39 is 5.97 Å². The summed E-state index contributed by atoms with van der Waals surface area (Å²) in [6.45, 7) is 0. The SMILES string of the molecule is COC(=O)c1cn(C2CC2)c2cc(O)ccc2c1=O.